The van der Waals surface area contributed by atoms with Crippen LogP contribution in [-0.4, -0.2) is 31.2 Å². The highest BCUT2D eigenvalue weighted by Gasteiger charge is 2.21. The number of nitrogens with zero attached hydrogens (tertiary/aromatic N) is 1. The number of sulfonamides is 1. The molecule has 1 aromatic heterocycles. The maximum atomic E-state index is 12.2. The molecule has 0 spiro atoms. The van der Waals surface area contributed by atoms with E-state index in [4.69, 9.17) is 0 Å². The number of hydrogen-bond acceptors (Lipinski definition) is 4. The minimum absolute atomic E-state index is 0.0958. The second kappa shape index (κ2) is 6.69. The monoisotopic (exact) mass is 302 g/mol. The topological polar surface area (TPSA) is 86.9 Å². The van der Waals surface area contributed by atoms with E-state index in [0.29, 0.717) is 18.7 Å². The molecule has 20 heavy (non-hydrogen) atoms. The highest BCUT2D eigenvalue weighted by molar-refractivity contribution is 7.89. The Morgan fingerprint density at radius 3 is 2.55 bits per heavy atom. The molecule has 0 saturated heterocycles. The molecular formula is C13H26N4O2S. The molecule has 0 aliphatic rings. The number of rotatable bonds is 7. The van der Waals surface area contributed by atoms with Crippen molar-refractivity contribution >= 4 is 10.0 Å². The van der Waals surface area contributed by atoms with Crippen LogP contribution in [0.5, 0.6) is 0 Å². The highest BCUT2D eigenvalue weighted by Crippen LogP contribution is 2.18. The minimum atomic E-state index is -3.53. The third-order valence-corrected chi connectivity index (χ3v) is 4.29. The Morgan fingerprint density at radius 1 is 1.35 bits per heavy atom. The zero-order valence-corrected chi connectivity index (χ0v) is 13.8. The van der Waals surface area contributed by atoms with Crippen LogP contribution in [0.4, 0.5) is 0 Å². The summed E-state index contributed by atoms with van der Waals surface area (Å²) in [5, 5.41) is 9.76. The Balaban J connectivity index is 2.70. The van der Waals surface area contributed by atoms with Crippen molar-refractivity contribution in [1.29, 1.82) is 0 Å². The number of nitrogens with one attached hydrogen (secondary N) is 3. The van der Waals surface area contributed by atoms with Crippen molar-refractivity contribution in [3.05, 3.63) is 11.8 Å². The summed E-state index contributed by atoms with van der Waals surface area (Å²) in [6.45, 7) is 11.2. The van der Waals surface area contributed by atoms with Gasteiger partial charge in [0.2, 0.25) is 0 Å². The smallest absolute Gasteiger partial charge is 0.257 e. The van der Waals surface area contributed by atoms with E-state index in [1.807, 2.05) is 13.8 Å². The van der Waals surface area contributed by atoms with Crippen LogP contribution in [0, 0.1) is 5.41 Å². The van der Waals surface area contributed by atoms with Crippen LogP contribution in [0.15, 0.2) is 11.2 Å². The van der Waals surface area contributed by atoms with Crippen LogP contribution in [0.1, 0.15) is 46.6 Å². The van der Waals surface area contributed by atoms with Gasteiger partial charge in [-0.2, -0.15) is 5.10 Å². The Kier molecular flexibility index (Phi) is 5.73. The van der Waals surface area contributed by atoms with Crippen molar-refractivity contribution in [2.75, 3.05) is 6.54 Å². The molecule has 1 heterocycles. The molecule has 1 rings (SSSR count). The van der Waals surface area contributed by atoms with Crippen LogP contribution in [0.2, 0.25) is 0 Å². The summed E-state index contributed by atoms with van der Waals surface area (Å²) in [5.74, 6) is 0. The summed E-state index contributed by atoms with van der Waals surface area (Å²) in [6, 6.07) is 0.286. The van der Waals surface area contributed by atoms with Gasteiger partial charge in [-0.15, -0.1) is 0 Å². The molecule has 6 nitrogen and oxygen atoms in total. The van der Waals surface area contributed by atoms with Gasteiger partial charge in [-0.25, -0.2) is 13.1 Å². The van der Waals surface area contributed by atoms with Gasteiger partial charge >= 0.3 is 0 Å². The van der Waals surface area contributed by atoms with E-state index < -0.39 is 10.0 Å². The molecule has 0 radical (unpaired) electrons. The van der Waals surface area contributed by atoms with E-state index in [0.717, 1.165) is 6.42 Å². The second-order valence-electron chi connectivity index (χ2n) is 6.47. The van der Waals surface area contributed by atoms with Gasteiger partial charge in [0.1, 0.15) is 0 Å². The number of hydrogen-bond donors (Lipinski definition) is 3. The van der Waals surface area contributed by atoms with Crippen LogP contribution in [0.3, 0.4) is 0 Å². The largest absolute Gasteiger partial charge is 0.310 e. The summed E-state index contributed by atoms with van der Waals surface area (Å²) in [5.41, 5.74) is 0.750. The summed E-state index contributed by atoms with van der Waals surface area (Å²) < 4.78 is 27.1. The maximum Gasteiger partial charge on any atom is 0.257 e. The van der Waals surface area contributed by atoms with Crippen molar-refractivity contribution in [2.24, 2.45) is 5.41 Å². The summed E-state index contributed by atoms with van der Waals surface area (Å²) in [7, 11) is -3.53. The fourth-order valence-corrected chi connectivity index (χ4v) is 2.76. The van der Waals surface area contributed by atoms with Gasteiger partial charge in [-0.3, -0.25) is 5.10 Å². The second-order valence-corrected chi connectivity index (χ2v) is 8.17. The lowest BCUT2D eigenvalue weighted by Gasteiger charge is -2.18. The molecule has 0 atom stereocenters. The molecule has 0 amide bonds. The molecule has 7 heteroatoms. The Morgan fingerprint density at radius 2 is 2.00 bits per heavy atom. The summed E-state index contributed by atoms with van der Waals surface area (Å²) >= 11 is 0. The first-order valence-electron chi connectivity index (χ1n) is 6.87. The lowest BCUT2D eigenvalue weighted by Crippen LogP contribution is -2.29. The van der Waals surface area contributed by atoms with E-state index in [2.05, 4.69) is 41.0 Å². The van der Waals surface area contributed by atoms with Gasteiger partial charge in [-0.1, -0.05) is 34.6 Å². The van der Waals surface area contributed by atoms with Crippen molar-refractivity contribution in [1.82, 2.24) is 20.2 Å². The first-order chi connectivity index (χ1) is 9.12. The van der Waals surface area contributed by atoms with Gasteiger partial charge in [0.15, 0.2) is 5.03 Å². The van der Waals surface area contributed by atoms with Gasteiger partial charge in [0, 0.05) is 24.7 Å². The van der Waals surface area contributed by atoms with Crippen LogP contribution >= 0.6 is 0 Å². The molecule has 0 bridgehead atoms. The molecule has 116 valence electrons. The van der Waals surface area contributed by atoms with Gasteiger partial charge in [-0.05, 0) is 11.8 Å². The van der Waals surface area contributed by atoms with E-state index >= 15 is 0 Å². The normalized spacial score (nSPS) is 13.1. The fraction of sp³-hybridized carbons (Fsp3) is 0.769. The van der Waals surface area contributed by atoms with Gasteiger partial charge < -0.3 is 5.32 Å². The van der Waals surface area contributed by atoms with Gasteiger partial charge in [0.05, 0.1) is 6.20 Å². The van der Waals surface area contributed by atoms with Crippen molar-refractivity contribution in [2.45, 2.75) is 58.7 Å². The van der Waals surface area contributed by atoms with E-state index in [1.54, 1.807) is 6.20 Å². The maximum absolute atomic E-state index is 12.2. The molecule has 0 unspecified atom stereocenters. The van der Waals surface area contributed by atoms with Crippen LogP contribution < -0.4 is 10.0 Å². The van der Waals surface area contributed by atoms with Crippen molar-refractivity contribution < 1.29 is 8.42 Å². The molecule has 3 N–H and O–H groups in total. The third-order valence-electron chi connectivity index (χ3n) is 2.81. The molecule has 0 aliphatic carbocycles. The number of aromatic amines is 1. The zero-order valence-electron chi connectivity index (χ0n) is 12.9. The lowest BCUT2D eigenvalue weighted by molar-refractivity contribution is 0.378. The molecule has 0 aromatic carbocycles. The van der Waals surface area contributed by atoms with E-state index in [1.165, 1.54) is 0 Å². The first kappa shape index (κ1) is 17.1. The average Bonchev–Trinajstić information content (AvgIpc) is 2.72. The van der Waals surface area contributed by atoms with E-state index in [-0.39, 0.29) is 16.5 Å². The van der Waals surface area contributed by atoms with Crippen LogP contribution in [0.25, 0.3) is 0 Å². The molecular weight excluding hydrogens is 276 g/mol. The van der Waals surface area contributed by atoms with Crippen molar-refractivity contribution in [3.8, 4) is 0 Å². The quantitative estimate of drug-likeness (QED) is 0.714. The van der Waals surface area contributed by atoms with E-state index in [9.17, 15) is 8.42 Å². The predicted molar refractivity (Wildman–Crippen MR) is 79.8 cm³/mol. The SMILES string of the molecule is CC(C)NCc1cn[nH]c1S(=O)(=O)NCCC(C)(C)C. The molecule has 0 fully saturated rings. The average molecular weight is 302 g/mol. The van der Waals surface area contributed by atoms with Crippen molar-refractivity contribution in [3.63, 3.8) is 0 Å². The first-order valence-corrected chi connectivity index (χ1v) is 8.35. The summed E-state index contributed by atoms with van der Waals surface area (Å²) in [6.07, 6.45) is 2.33. The predicted octanol–water partition coefficient (Wildman–Crippen LogP) is 1.62. The van der Waals surface area contributed by atoms with Crippen LogP contribution in [-0.2, 0) is 16.6 Å². The Labute approximate surface area is 121 Å². The molecule has 0 saturated carbocycles. The number of H-pyrrole nitrogens is 1. The highest BCUT2D eigenvalue weighted by atomic mass is 32.2. The standard InChI is InChI=1S/C13H26N4O2S/c1-10(2)14-8-11-9-15-17-12(11)20(18,19)16-7-6-13(3,4)5/h9-10,14,16H,6-8H2,1-5H3,(H,15,17). The summed E-state index contributed by atoms with van der Waals surface area (Å²) in [4.78, 5) is 0. The fourth-order valence-electron chi connectivity index (χ4n) is 1.60. The molecule has 0 aliphatic heterocycles. The minimum Gasteiger partial charge on any atom is -0.310 e. The zero-order chi connectivity index (χ0) is 15.4. The van der Waals surface area contributed by atoms with Gasteiger partial charge in [0.25, 0.3) is 10.0 Å². The lowest BCUT2D eigenvalue weighted by atomic mass is 9.93. The number of aromatic nitrogens is 2. The Hall–Kier alpha value is -0.920. The Bertz CT molecular complexity index is 515. The third kappa shape index (κ3) is 5.60. The molecule has 1 aromatic rings.